The van der Waals surface area contributed by atoms with Gasteiger partial charge in [0.25, 0.3) is 5.91 Å². The first-order chi connectivity index (χ1) is 17.5. The Morgan fingerprint density at radius 1 is 1.11 bits per heavy atom. The van der Waals surface area contributed by atoms with Gasteiger partial charge in [0.05, 0.1) is 31.1 Å². The average Bonchev–Trinajstić information content (AvgIpc) is 3.48. The molecule has 0 aromatic carbocycles. The van der Waals surface area contributed by atoms with Crippen LogP contribution in [0.1, 0.15) is 36.2 Å². The lowest BCUT2D eigenvalue weighted by Gasteiger charge is -2.26. The molecule has 5 N–H and O–H groups in total. The van der Waals surface area contributed by atoms with E-state index in [1.54, 1.807) is 29.1 Å². The molecule has 0 aliphatic heterocycles. The maximum absolute atomic E-state index is 13.1. The van der Waals surface area contributed by atoms with Gasteiger partial charge in [0, 0.05) is 36.3 Å². The van der Waals surface area contributed by atoms with E-state index in [4.69, 9.17) is 16.7 Å². The predicted molar refractivity (Wildman–Crippen MR) is 135 cm³/mol. The van der Waals surface area contributed by atoms with E-state index in [0.29, 0.717) is 35.2 Å². The summed E-state index contributed by atoms with van der Waals surface area (Å²) in [6.45, 7) is 0.354. The van der Waals surface area contributed by atoms with Crippen LogP contribution >= 0.6 is 11.6 Å². The van der Waals surface area contributed by atoms with E-state index in [2.05, 4.69) is 36.1 Å². The lowest BCUT2D eigenvalue weighted by Crippen LogP contribution is -2.29. The highest BCUT2D eigenvalue weighted by atomic mass is 35.5. The molecule has 36 heavy (non-hydrogen) atoms. The summed E-state index contributed by atoms with van der Waals surface area (Å²) in [5.74, 6) is 0.706. The van der Waals surface area contributed by atoms with Gasteiger partial charge in [-0.05, 0) is 37.8 Å². The lowest BCUT2D eigenvalue weighted by atomic mass is 9.93. The van der Waals surface area contributed by atoms with Crippen LogP contribution in [0.2, 0.25) is 5.15 Å². The molecule has 0 radical (unpaired) electrons. The molecular weight excluding hydrogens is 486 g/mol. The minimum absolute atomic E-state index is 0.0216. The van der Waals surface area contributed by atoms with Crippen LogP contribution in [-0.2, 0) is 6.54 Å². The van der Waals surface area contributed by atoms with Crippen molar-refractivity contribution < 1.29 is 15.0 Å². The van der Waals surface area contributed by atoms with Crippen LogP contribution < -0.4 is 16.0 Å². The number of halogens is 1. The highest BCUT2D eigenvalue weighted by Crippen LogP contribution is 2.27. The molecule has 1 aliphatic rings. The molecule has 1 aliphatic carbocycles. The highest BCUT2D eigenvalue weighted by molar-refractivity contribution is 6.29. The van der Waals surface area contributed by atoms with Gasteiger partial charge in [-0.15, -0.1) is 5.10 Å². The number of imidazole rings is 1. The number of carbonyl (C=O) groups is 1. The van der Waals surface area contributed by atoms with Crippen LogP contribution in [-0.4, -0.2) is 64.2 Å². The number of aliphatic hydroxyl groups excluding tert-OH is 2. The van der Waals surface area contributed by atoms with Gasteiger partial charge in [0.2, 0.25) is 0 Å². The molecule has 4 aromatic rings. The van der Waals surface area contributed by atoms with Crippen molar-refractivity contribution in [1.29, 1.82) is 0 Å². The molecule has 12 nitrogen and oxygen atoms in total. The van der Waals surface area contributed by atoms with E-state index in [1.165, 1.54) is 16.9 Å². The topological polar surface area (TPSA) is 155 Å². The normalized spacial score (nSPS) is 17.8. The monoisotopic (exact) mass is 511 g/mol. The number of aliphatic hydroxyl groups is 2. The Morgan fingerprint density at radius 2 is 1.94 bits per heavy atom. The Labute approximate surface area is 211 Å². The zero-order valence-electron chi connectivity index (χ0n) is 19.3. The second kappa shape index (κ2) is 10.5. The maximum atomic E-state index is 13.1. The average molecular weight is 512 g/mol. The lowest BCUT2D eigenvalue weighted by molar-refractivity contribution is 0.102. The number of anilines is 4. The van der Waals surface area contributed by atoms with Gasteiger partial charge in [0.15, 0.2) is 17.2 Å². The van der Waals surface area contributed by atoms with Crippen LogP contribution in [0.5, 0.6) is 0 Å². The summed E-state index contributed by atoms with van der Waals surface area (Å²) >= 11 is 5.94. The molecule has 1 saturated carbocycles. The molecule has 0 bridgehead atoms. The van der Waals surface area contributed by atoms with E-state index in [-0.39, 0.29) is 29.6 Å². The first-order valence-corrected chi connectivity index (χ1v) is 12.0. The molecule has 5 rings (SSSR count). The number of fused-ring (bicyclic) bond motifs is 1. The molecule has 0 atom stereocenters. The molecular formula is C23H26ClN9O3. The van der Waals surface area contributed by atoms with Crippen molar-refractivity contribution in [1.82, 2.24) is 29.4 Å². The van der Waals surface area contributed by atoms with Crippen molar-refractivity contribution in [2.45, 2.75) is 44.4 Å². The minimum atomic E-state index is -0.409. The number of nitrogens with one attached hydrogen (secondary N) is 3. The van der Waals surface area contributed by atoms with Crippen molar-refractivity contribution in [3.05, 3.63) is 53.7 Å². The van der Waals surface area contributed by atoms with Gasteiger partial charge in [-0.2, -0.15) is 5.10 Å². The summed E-state index contributed by atoms with van der Waals surface area (Å²) < 4.78 is 3.10. The van der Waals surface area contributed by atoms with E-state index in [9.17, 15) is 9.90 Å². The number of hydrogen-bond acceptors (Lipinski definition) is 9. The summed E-state index contributed by atoms with van der Waals surface area (Å²) in [7, 11) is 0. The summed E-state index contributed by atoms with van der Waals surface area (Å²) in [5, 5.41) is 37.8. The fourth-order valence-corrected chi connectivity index (χ4v) is 4.36. The zero-order valence-corrected chi connectivity index (χ0v) is 20.1. The summed E-state index contributed by atoms with van der Waals surface area (Å²) in [6.07, 6.45) is 7.53. The second-order valence-electron chi connectivity index (χ2n) is 8.61. The van der Waals surface area contributed by atoms with Crippen molar-refractivity contribution in [2.75, 3.05) is 22.6 Å². The quantitative estimate of drug-likeness (QED) is 0.224. The van der Waals surface area contributed by atoms with Crippen molar-refractivity contribution >= 4 is 46.2 Å². The van der Waals surface area contributed by atoms with Crippen LogP contribution in [0.15, 0.2) is 42.9 Å². The third-order valence-corrected chi connectivity index (χ3v) is 6.17. The van der Waals surface area contributed by atoms with Crippen LogP contribution in [0.25, 0.3) is 5.65 Å². The van der Waals surface area contributed by atoms with Gasteiger partial charge in [-0.3, -0.25) is 9.48 Å². The molecule has 0 saturated heterocycles. The SMILES string of the molecule is O=C(Nc1ccnc(Cl)c1)c1cnc2c(Nc3ccn(CCO)n3)cc(N[C@H]3CC[C@H](O)CC3)nn12. The maximum Gasteiger partial charge on any atom is 0.276 e. The van der Waals surface area contributed by atoms with Gasteiger partial charge >= 0.3 is 0 Å². The van der Waals surface area contributed by atoms with Gasteiger partial charge in [-0.25, -0.2) is 14.5 Å². The molecule has 0 unspecified atom stereocenters. The van der Waals surface area contributed by atoms with E-state index < -0.39 is 5.91 Å². The van der Waals surface area contributed by atoms with E-state index >= 15 is 0 Å². The third-order valence-electron chi connectivity index (χ3n) is 5.97. The minimum Gasteiger partial charge on any atom is -0.394 e. The largest absolute Gasteiger partial charge is 0.394 e. The van der Waals surface area contributed by atoms with Crippen LogP contribution in [0.4, 0.5) is 23.0 Å². The van der Waals surface area contributed by atoms with E-state index in [1.807, 2.05) is 6.07 Å². The van der Waals surface area contributed by atoms with Crippen molar-refractivity contribution in [3.63, 3.8) is 0 Å². The molecule has 4 heterocycles. The number of pyridine rings is 1. The van der Waals surface area contributed by atoms with Crippen molar-refractivity contribution in [3.8, 4) is 0 Å². The number of aromatic nitrogens is 6. The highest BCUT2D eigenvalue weighted by Gasteiger charge is 2.22. The number of rotatable bonds is 8. The van der Waals surface area contributed by atoms with E-state index in [0.717, 1.165) is 25.7 Å². The van der Waals surface area contributed by atoms with Crippen molar-refractivity contribution in [2.24, 2.45) is 0 Å². The molecule has 4 aromatic heterocycles. The molecule has 0 spiro atoms. The molecule has 188 valence electrons. The molecule has 13 heteroatoms. The Morgan fingerprint density at radius 3 is 2.72 bits per heavy atom. The Bertz CT molecular complexity index is 1360. The van der Waals surface area contributed by atoms with Crippen LogP contribution in [0.3, 0.4) is 0 Å². The number of nitrogens with zero attached hydrogens (tertiary/aromatic N) is 6. The number of hydrogen-bond donors (Lipinski definition) is 5. The van der Waals surface area contributed by atoms with Gasteiger partial charge in [-0.1, -0.05) is 11.6 Å². The predicted octanol–water partition coefficient (Wildman–Crippen LogP) is 2.68. The first-order valence-electron chi connectivity index (χ1n) is 11.7. The Kier molecular flexibility index (Phi) is 6.98. The fraction of sp³-hybridized carbons (Fsp3) is 0.348. The smallest absolute Gasteiger partial charge is 0.276 e. The van der Waals surface area contributed by atoms with Crippen LogP contribution in [0, 0.1) is 0 Å². The number of amides is 1. The molecule has 1 fully saturated rings. The zero-order chi connectivity index (χ0) is 25.1. The molecule has 1 amide bonds. The summed E-state index contributed by atoms with van der Waals surface area (Å²) in [4.78, 5) is 21.5. The van der Waals surface area contributed by atoms with Gasteiger partial charge in [0.1, 0.15) is 11.0 Å². The third kappa shape index (κ3) is 5.40. The summed E-state index contributed by atoms with van der Waals surface area (Å²) in [6, 6.07) is 6.95. The standard InChI is InChI=1S/C23H26ClN9O3/c24-19-11-15(5-7-25-19)28-23(36)18-13-26-22-17(29-20-6-8-32(30-20)9-10-34)12-21(31-33(18)22)27-14-1-3-16(35)4-2-14/h5-8,11-14,16,34-35H,1-4,9-10H2,(H,27,31)(H,29,30)(H,25,28,36)/t14-,16-. The second-order valence-corrected chi connectivity index (χ2v) is 8.99. The first kappa shape index (κ1) is 24.0. The van der Waals surface area contributed by atoms with Gasteiger partial charge < -0.3 is 26.2 Å². The Hall–Kier alpha value is -3.74. The summed E-state index contributed by atoms with van der Waals surface area (Å²) in [5.41, 5.74) is 1.77. The number of carbonyl (C=O) groups excluding carboxylic acids is 1. The Balaban J connectivity index is 1.47. The fourth-order valence-electron chi connectivity index (χ4n) is 4.18.